The number of rotatable bonds is 3. The molecule has 0 aliphatic heterocycles. The molecule has 0 unspecified atom stereocenters. The molecule has 0 aromatic heterocycles. The Labute approximate surface area is 253 Å². The van der Waals surface area contributed by atoms with E-state index in [2.05, 4.69) is 16.9 Å². The molecule has 0 radical (unpaired) electrons. The van der Waals surface area contributed by atoms with Crippen molar-refractivity contribution >= 4 is 33.4 Å². The maximum Gasteiger partial charge on any atom is 0.573 e. The molecule has 0 atom stereocenters. The Kier molecular flexibility index (Phi) is 7.21. The van der Waals surface area contributed by atoms with Gasteiger partial charge in [-0.25, -0.2) is 0 Å². The Morgan fingerprint density at radius 1 is 0.533 bits per heavy atom. The smallest absolute Gasteiger partial charge is 0.406 e. The summed E-state index contributed by atoms with van der Waals surface area (Å²) in [6.45, 7) is 0. The van der Waals surface area contributed by atoms with Crippen molar-refractivity contribution in [3.63, 3.8) is 0 Å². The number of halogens is 3. The summed E-state index contributed by atoms with van der Waals surface area (Å²) in [5.41, 5.74) is 1.71. The first-order valence-electron chi connectivity index (χ1n) is 12.6. The summed E-state index contributed by atoms with van der Waals surface area (Å²) in [7, 11) is 0. The van der Waals surface area contributed by atoms with Crippen molar-refractivity contribution in [2.24, 2.45) is 0 Å². The molecule has 0 heterocycles. The van der Waals surface area contributed by atoms with Gasteiger partial charge in [-0.3, -0.25) is 0 Å². The molecule has 0 saturated carbocycles. The minimum absolute atomic E-state index is 0.0225. The van der Waals surface area contributed by atoms with Crippen LogP contribution in [0.5, 0.6) is 5.75 Å². The molecule has 0 fully saturated rings. The fraction of sp³-hybridized carbons (Fsp3) is 0.0294. The van der Waals surface area contributed by atoms with Crippen LogP contribution < -0.4 is 4.74 Å². The fourth-order valence-electron chi connectivity index (χ4n) is 5.35. The van der Waals surface area contributed by atoms with Gasteiger partial charge >= 0.3 is 6.36 Å². The Balaban J connectivity index is 1.83. The van der Waals surface area contributed by atoms with Gasteiger partial charge in [-0.05, 0) is 58.7 Å². The average Bonchev–Trinajstić information content (AvgIpc) is 3.53. The predicted molar refractivity (Wildman–Crippen MR) is 152 cm³/mol. The second kappa shape index (κ2) is 11.1. The van der Waals surface area contributed by atoms with E-state index < -0.39 is 17.7 Å². The zero-order valence-electron chi connectivity index (χ0n) is 22.4. The number of hydrogen-bond acceptors (Lipinski definition) is 8. The minimum atomic E-state index is -4.94. The Morgan fingerprint density at radius 2 is 0.933 bits per heavy atom. The highest BCUT2D eigenvalue weighted by atomic mass is 19.4. The van der Waals surface area contributed by atoms with Crippen LogP contribution in [0.3, 0.4) is 0 Å². The van der Waals surface area contributed by atoms with E-state index in [9.17, 15) is 50.0 Å². The molecule has 5 rings (SSSR count). The molecule has 11 heteroatoms. The van der Waals surface area contributed by atoms with Gasteiger partial charge in [-0.15, -0.1) is 13.2 Å². The number of ether oxygens (including phenoxy) is 1. The van der Waals surface area contributed by atoms with E-state index in [1.807, 2.05) is 30.3 Å². The fourth-order valence-corrected chi connectivity index (χ4v) is 5.35. The van der Waals surface area contributed by atoms with Gasteiger partial charge in [0.15, 0.2) is 0 Å². The van der Waals surface area contributed by atoms with Crippen molar-refractivity contribution in [1.82, 2.24) is 0 Å². The zero-order valence-corrected chi connectivity index (χ0v) is 22.4. The minimum Gasteiger partial charge on any atom is -0.406 e. The van der Waals surface area contributed by atoms with E-state index >= 15 is 0 Å². The number of fused-ring (bicyclic) bond motifs is 2. The van der Waals surface area contributed by atoms with Crippen LogP contribution in [0, 0.1) is 79.3 Å². The summed E-state index contributed by atoms with van der Waals surface area (Å²) in [5.74, 6) is -0.527. The van der Waals surface area contributed by atoms with Crippen molar-refractivity contribution in [2.75, 3.05) is 0 Å². The van der Waals surface area contributed by atoms with Gasteiger partial charge in [0.05, 0.1) is 22.8 Å². The summed E-state index contributed by atoms with van der Waals surface area (Å²) in [4.78, 5) is 0. The predicted octanol–water partition coefficient (Wildman–Crippen LogP) is 6.95. The number of hydrogen-bond donors (Lipinski definition) is 0. The molecular formula is C34H10F3N7O. The zero-order chi connectivity index (χ0) is 32.5. The van der Waals surface area contributed by atoms with Gasteiger partial charge in [0.25, 0.3) is 0 Å². The van der Waals surface area contributed by atoms with Crippen LogP contribution in [0.15, 0.2) is 71.8 Å². The molecule has 3 aromatic carbocycles. The number of allylic oxidation sites excluding steroid dienone is 8. The summed E-state index contributed by atoms with van der Waals surface area (Å²) in [5, 5.41) is 69.3. The van der Waals surface area contributed by atoms with Crippen LogP contribution in [-0.2, 0) is 0 Å². The first-order chi connectivity index (χ1) is 21.6. The average molecular weight is 589 g/mol. The lowest BCUT2D eigenvalue weighted by atomic mass is 9.90. The van der Waals surface area contributed by atoms with Gasteiger partial charge < -0.3 is 4.74 Å². The lowest BCUT2D eigenvalue weighted by Gasteiger charge is -2.12. The Morgan fingerprint density at radius 3 is 1.27 bits per heavy atom. The monoisotopic (exact) mass is 589 g/mol. The highest BCUT2D eigenvalue weighted by Crippen LogP contribution is 2.54. The third-order valence-corrected chi connectivity index (χ3v) is 7.09. The number of nitriles is 7. The van der Waals surface area contributed by atoms with Gasteiger partial charge in [0.2, 0.25) is 0 Å². The van der Waals surface area contributed by atoms with Crippen LogP contribution >= 0.6 is 0 Å². The molecule has 0 N–H and O–H groups in total. The van der Waals surface area contributed by atoms with Gasteiger partial charge in [0.1, 0.15) is 53.3 Å². The molecule has 0 bridgehead atoms. The van der Waals surface area contributed by atoms with Crippen molar-refractivity contribution in [3.8, 4) is 48.2 Å². The van der Waals surface area contributed by atoms with E-state index in [4.69, 9.17) is 0 Å². The largest absolute Gasteiger partial charge is 0.573 e. The third-order valence-electron chi connectivity index (χ3n) is 7.09. The maximum atomic E-state index is 12.7. The molecule has 208 valence electrons. The van der Waals surface area contributed by atoms with Crippen molar-refractivity contribution in [3.05, 3.63) is 111 Å². The van der Waals surface area contributed by atoms with Gasteiger partial charge in [-0.1, -0.05) is 24.3 Å². The Bertz CT molecular complexity index is 2240. The van der Waals surface area contributed by atoms with E-state index in [1.165, 1.54) is 36.4 Å². The molecule has 3 aromatic rings. The highest BCUT2D eigenvalue weighted by Gasteiger charge is 2.37. The molecule has 0 spiro atoms. The van der Waals surface area contributed by atoms with E-state index in [0.29, 0.717) is 11.1 Å². The van der Waals surface area contributed by atoms with E-state index in [1.54, 1.807) is 12.1 Å². The van der Waals surface area contributed by atoms with Crippen LogP contribution in [0.25, 0.3) is 33.4 Å². The van der Waals surface area contributed by atoms with E-state index in [-0.39, 0.29) is 66.8 Å². The molecule has 45 heavy (non-hydrogen) atoms. The first kappa shape index (κ1) is 29.1. The lowest BCUT2D eigenvalue weighted by Crippen LogP contribution is -2.17. The van der Waals surface area contributed by atoms with Gasteiger partial charge in [0, 0.05) is 33.4 Å². The maximum absolute atomic E-state index is 12.7. The Hall–Kier alpha value is -7.36. The summed E-state index contributed by atoms with van der Waals surface area (Å²) in [6, 6.07) is 27.2. The molecule has 0 amide bonds. The second-order valence-corrected chi connectivity index (χ2v) is 9.38. The van der Waals surface area contributed by atoms with Crippen LogP contribution in [-0.4, -0.2) is 6.36 Å². The molecular weight excluding hydrogens is 579 g/mol. The second-order valence-electron chi connectivity index (χ2n) is 9.38. The standard InChI is InChI=1S/C34H10F3N7O/c35-34(36,37)45-23-7-5-20(6-8-23)31-29(17-44)25-10-26-24(9-27(25)33(31)22(14-41)15-42)28(16-43)30(32(26)21(12-39)13-40)19-3-1-18(11-38)2-4-19/h1-10H. The number of benzene rings is 3. The summed E-state index contributed by atoms with van der Waals surface area (Å²) in [6.07, 6.45) is -4.94. The highest BCUT2D eigenvalue weighted by molar-refractivity contribution is 6.29. The van der Waals surface area contributed by atoms with Crippen molar-refractivity contribution in [2.45, 2.75) is 6.36 Å². The first-order valence-corrected chi connectivity index (χ1v) is 12.6. The third kappa shape index (κ3) is 4.81. The van der Waals surface area contributed by atoms with Crippen LogP contribution in [0.4, 0.5) is 13.2 Å². The lowest BCUT2D eigenvalue weighted by molar-refractivity contribution is -0.274. The number of nitrogens with zero attached hydrogens (tertiary/aromatic N) is 7. The molecule has 2 aliphatic carbocycles. The van der Waals surface area contributed by atoms with E-state index in [0.717, 1.165) is 12.1 Å². The quantitative estimate of drug-likeness (QED) is 0.295. The summed E-state index contributed by atoms with van der Waals surface area (Å²) < 4.78 is 42.2. The van der Waals surface area contributed by atoms with Crippen LogP contribution in [0.1, 0.15) is 38.9 Å². The topological polar surface area (TPSA) is 176 Å². The summed E-state index contributed by atoms with van der Waals surface area (Å²) >= 11 is 0. The van der Waals surface area contributed by atoms with Crippen LogP contribution in [0.2, 0.25) is 0 Å². The normalized spacial score (nSPS) is 12.8. The molecule has 2 aliphatic rings. The number of alkyl halides is 3. The molecule has 0 saturated heterocycles. The SMILES string of the molecule is N#CC(C#N)=C1C(c2ccc(C#N)cc2)=C(C#N)c2cc3c(cc21)C(C#N)=C(c1ccc(OC(F)(F)F)cc1)C3=C(C#N)C#N. The molecule has 8 nitrogen and oxygen atoms in total. The van der Waals surface area contributed by atoms with Crippen molar-refractivity contribution < 1.29 is 17.9 Å². The van der Waals surface area contributed by atoms with Gasteiger partial charge in [-0.2, -0.15) is 36.8 Å². The van der Waals surface area contributed by atoms with Crippen molar-refractivity contribution in [1.29, 1.82) is 36.8 Å².